The van der Waals surface area contributed by atoms with Crippen molar-refractivity contribution in [2.75, 3.05) is 11.5 Å². The van der Waals surface area contributed by atoms with Gasteiger partial charge in [-0.2, -0.15) is 16.9 Å². The van der Waals surface area contributed by atoms with Crippen molar-refractivity contribution in [3.63, 3.8) is 0 Å². The molecule has 4 nitrogen and oxygen atoms in total. The Balaban J connectivity index is 2.49. The van der Waals surface area contributed by atoms with Crippen LogP contribution < -0.4 is 0 Å². The molecule has 0 saturated carbocycles. The summed E-state index contributed by atoms with van der Waals surface area (Å²) in [7, 11) is 1.70. The smallest absolute Gasteiger partial charge is 0.354 e. The Kier molecular flexibility index (Phi) is 2.50. The molecule has 5 heteroatoms. The van der Waals surface area contributed by atoms with E-state index in [1.807, 2.05) is 11.8 Å². The average molecular weight is 212 g/mol. The molecular formula is C9H12N2O2S. The van der Waals surface area contributed by atoms with Crippen LogP contribution in [0.3, 0.4) is 0 Å². The van der Waals surface area contributed by atoms with Crippen LogP contribution >= 0.6 is 11.8 Å². The first-order valence-electron chi connectivity index (χ1n) is 4.56. The van der Waals surface area contributed by atoms with Gasteiger partial charge in [-0.3, -0.25) is 4.68 Å². The number of thioether (sulfide) groups is 1. The van der Waals surface area contributed by atoms with Crippen LogP contribution in [0.4, 0.5) is 0 Å². The number of rotatable bonds is 1. The molecule has 2 rings (SSSR count). The number of carboxylic acids is 1. The van der Waals surface area contributed by atoms with Crippen molar-refractivity contribution in [1.29, 1.82) is 0 Å². The molecule has 0 amide bonds. The zero-order valence-corrected chi connectivity index (χ0v) is 8.80. The predicted molar refractivity (Wildman–Crippen MR) is 54.9 cm³/mol. The Morgan fingerprint density at radius 3 is 2.93 bits per heavy atom. The normalized spacial score (nSPS) is 16.1. The van der Waals surface area contributed by atoms with Gasteiger partial charge in [-0.25, -0.2) is 4.79 Å². The lowest BCUT2D eigenvalue weighted by molar-refractivity contribution is 0.0684. The molecule has 1 aromatic heterocycles. The molecule has 1 aliphatic heterocycles. The van der Waals surface area contributed by atoms with Crippen molar-refractivity contribution < 1.29 is 9.90 Å². The topological polar surface area (TPSA) is 55.1 Å². The van der Waals surface area contributed by atoms with E-state index in [0.717, 1.165) is 35.6 Å². The molecule has 1 aliphatic rings. The lowest BCUT2D eigenvalue weighted by atomic mass is 10.1. The molecule has 0 atom stereocenters. The van der Waals surface area contributed by atoms with Gasteiger partial charge < -0.3 is 5.11 Å². The molecule has 0 bridgehead atoms. The van der Waals surface area contributed by atoms with Gasteiger partial charge in [-0.05, 0) is 17.9 Å². The third-order valence-electron chi connectivity index (χ3n) is 2.41. The van der Waals surface area contributed by atoms with Crippen molar-refractivity contribution in [3.05, 3.63) is 17.0 Å². The van der Waals surface area contributed by atoms with Crippen LogP contribution in [0.2, 0.25) is 0 Å². The highest BCUT2D eigenvalue weighted by atomic mass is 32.2. The van der Waals surface area contributed by atoms with E-state index in [2.05, 4.69) is 5.10 Å². The van der Waals surface area contributed by atoms with Crippen molar-refractivity contribution in [2.45, 2.75) is 12.8 Å². The molecule has 2 heterocycles. The second-order valence-electron chi connectivity index (χ2n) is 3.31. The molecule has 0 spiro atoms. The molecule has 0 saturated heterocycles. The molecule has 1 N–H and O–H groups in total. The molecule has 0 aliphatic carbocycles. The summed E-state index contributed by atoms with van der Waals surface area (Å²) in [5.74, 6) is 1.18. The van der Waals surface area contributed by atoms with Gasteiger partial charge in [0.2, 0.25) is 0 Å². The van der Waals surface area contributed by atoms with Gasteiger partial charge in [0.1, 0.15) is 5.69 Å². The van der Waals surface area contributed by atoms with Gasteiger partial charge in [0.15, 0.2) is 0 Å². The van der Waals surface area contributed by atoms with Crippen LogP contribution in [-0.4, -0.2) is 32.4 Å². The quantitative estimate of drug-likeness (QED) is 0.753. The van der Waals surface area contributed by atoms with Crippen LogP contribution in [-0.2, 0) is 19.9 Å². The maximum absolute atomic E-state index is 11.0. The van der Waals surface area contributed by atoms with Crippen LogP contribution in [0, 0.1) is 0 Å². The fourth-order valence-electron chi connectivity index (χ4n) is 1.80. The van der Waals surface area contributed by atoms with Crippen LogP contribution in [0.5, 0.6) is 0 Å². The highest BCUT2D eigenvalue weighted by Crippen LogP contribution is 2.22. The van der Waals surface area contributed by atoms with E-state index in [-0.39, 0.29) is 0 Å². The Hall–Kier alpha value is -0.970. The number of aromatic carboxylic acids is 1. The predicted octanol–water partition coefficient (Wildman–Crippen LogP) is 0.950. The number of aryl methyl sites for hydroxylation is 2. The van der Waals surface area contributed by atoms with Crippen molar-refractivity contribution in [2.24, 2.45) is 7.05 Å². The minimum atomic E-state index is -0.867. The molecular weight excluding hydrogens is 200 g/mol. The first-order chi connectivity index (χ1) is 6.70. The first-order valence-corrected chi connectivity index (χ1v) is 5.71. The molecule has 0 fully saturated rings. The van der Waals surface area contributed by atoms with E-state index >= 15 is 0 Å². The van der Waals surface area contributed by atoms with E-state index < -0.39 is 5.97 Å². The van der Waals surface area contributed by atoms with E-state index in [4.69, 9.17) is 5.11 Å². The monoisotopic (exact) mass is 212 g/mol. The van der Waals surface area contributed by atoms with Gasteiger partial charge in [0.25, 0.3) is 0 Å². The fraction of sp³-hybridized carbons (Fsp3) is 0.556. The summed E-state index contributed by atoms with van der Waals surface area (Å²) in [5, 5.41) is 13.3. The Bertz CT molecular complexity index is 373. The van der Waals surface area contributed by atoms with Crippen molar-refractivity contribution in [1.82, 2.24) is 9.78 Å². The summed E-state index contributed by atoms with van der Waals surface area (Å²) in [4.78, 5) is 11.0. The number of hydrogen-bond donors (Lipinski definition) is 1. The fourth-order valence-corrected chi connectivity index (χ4v) is 2.69. The highest BCUT2D eigenvalue weighted by molar-refractivity contribution is 7.99. The van der Waals surface area contributed by atoms with Gasteiger partial charge in [0, 0.05) is 19.0 Å². The zero-order chi connectivity index (χ0) is 10.1. The van der Waals surface area contributed by atoms with Crippen LogP contribution in [0.15, 0.2) is 0 Å². The third kappa shape index (κ3) is 1.52. The molecule has 1 aromatic rings. The van der Waals surface area contributed by atoms with Crippen LogP contribution in [0.25, 0.3) is 0 Å². The third-order valence-corrected chi connectivity index (χ3v) is 3.40. The number of fused-ring (bicyclic) bond motifs is 1. The number of carboxylic acid groups (broad SMARTS) is 1. The first kappa shape index (κ1) is 9.58. The summed E-state index contributed by atoms with van der Waals surface area (Å²) >= 11 is 1.86. The van der Waals surface area contributed by atoms with E-state index in [0.29, 0.717) is 5.69 Å². The maximum Gasteiger partial charge on any atom is 0.354 e. The van der Waals surface area contributed by atoms with E-state index in [1.54, 1.807) is 7.05 Å². The maximum atomic E-state index is 11.0. The van der Waals surface area contributed by atoms with Gasteiger partial charge in [0.05, 0.1) is 5.69 Å². The highest BCUT2D eigenvalue weighted by Gasteiger charge is 2.22. The lowest BCUT2D eigenvalue weighted by Crippen LogP contribution is -2.08. The second-order valence-corrected chi connectivity index (χ2v) is 4.54. The summed E-state index contributed by atoms with van der Waals surface area (Å²) in [6.45, 7) is 0. The number of nitrogens with zero attached hydrogens (tertiary/aromatic N) is 2. The van der Waals surface area contributed by atoms with E-state index in [9.17, 15) is 4.79 Å². The average Bonchev–Trinajstić information content (AvgIpc) is 2.31. The molecule has 76 valence electrons. The van der Waals surface area contributed by atoms with E-state index in [1.165, 1.54) is 4.68 Å². The lowest BCUT2D eigenvalue weighted by Gasteiger charge is -1.99. The minimum Gasteiger partial charge on any atom is -0.477 e. The zero-order valence-electron chi connectivity index (χ0n) is 7.99. The van der Waals surface area contributed by atoms with Gasteiger partial charge in [-0.15, -0.1) is 0 Å². The largest absolute Gasteiger partial charge is 0.477 e. The Morgan fingerprint density at radius 2 is 2.21 bits per heavy atom. The Labute approximate surface area is 86.3 Å². The van der Waals surface area contributed by atoms with Crippen molar-refractivity contribution in [3.8, 4) is 0 Å². The molecule has 0 aromatic carbocycles. The molecule has 14 heavy (non-hydrogen) atoms. The summed E-state index contributed by atoms with van der Waals surface area (Å²) in [6.07, 6.45) is 1.72. The van der Waals surface area contributed by atoms with Crippen molar-refractivity contribution >= 4 is 17.7 Å². The number of carbonyl (C=O) groups is 1. The van der Waals surface area contributed by atoms with Crippen LogP contribution in [0.1, 0.15) is 21.7 Å². The SMILES string of the molecule is Cn1nc2c(c1C(=O)O)CCSCC2. The van der Waals surface area contributed by atoms with Gasteiger partial charge in [-0.1, -0.05) is 0 Å². The minimum absolute atomic E-state index is 0.363. The number of hydrogen-bond acceptors (Lipinski definition) is 3. The molecule has 0 unspecified atom stereocenters. The number of aromatic nitrogens is 2. The summed E-state index contributed by atoms with van der Waals surface area (Å²) in [5.41, 5.74) is 2.27. The molecule has 0 radical (unpaired) electrons. The Morgan fingerprint density at radius 1 is 1.50 bits per heavy atom. The second kappa shape index (κ2) is 3.65. The summed E-state index contributed by atoms with van der Waals surface area (Å²) < 4.78 is 1.49. The standard InChI is InChI=1S/C9H12N2O2S/c1-11-8(9(12)13)6-2-4-14-5-3-7(6)10-11/h2-5H2,1H3,(H,12,13). The summed E-state index contributed by atoms with van der Waals surface area (Å²) in [6, 6.07) is 0. The van der Waals surface area contributed by atoms with Gasteiger partial charge >= 0.3 is 5.97 Å².